The Bertz CT molecular complexity index is 825. The van der Waals surface area contributed by atoms with E-state index in [4.69, 9.17) is 0 Å². The Labute approximate surface area is 178 Å². The van der Waals surface area contributed by atoms with Crippen LogP contribution in [0, 0.1) is 22.0 Å². The molecule has 2 fully saturated rings. The van der Waals surface area contributed by atoms with Crippen molar-refractivity contribution in [3.63, 3.8) is 0 Å². The molecule has 2 aliphatic rings. The monoisotopic (exact) mass is 443 g/mol. The molecule has 0 bridgehead atoms. The van der Waals surface area contributed by atoms with E-state index >= 15 is 0 Å². The number of anilines is 1. The summed E-state index contributed by atoms with van der Waals surface area (Å²) in [5.74, 6) is -1.69. The fraction of sp³-hybridized carbons (Fsp3) is 0.667. The maximum Gasteiger partial charge on any atom is 0.391 e. The highest BCUT2D eigenvalue weighted by Gasteiger charge is 2.47. The standard InChI is InChI=1S/C21H28F3N3O4/c1-14-6-9-26(10-7-14)18-5-4-16(27(30)31)11-17(18)19(28)25-13-20(29)8-2-3-15(12-20)21(22,23)24/h4-5,11,14-15,29H,2-3,6-10,12-13H2,1H3,(H,25,28)/t15-,20-/m0/s1. The van der Waals surface area contributed by atoms with Crippen molar-refractivity contribution >= 4 is 17.3 Å². The number of benzene rings is 1. The number of alkyl halides is 3. The number of rotatable bonds is 5. The van der Waals surface area contributed by atoms with Crippen molar-refractivity contribution in [1.29, 1.82) is 0 Å². The maximum atomic E-state index is 13.1. The predicted octanol–water partition coefficient (Wildman–Crippen LogP) is 4.04. The molecule has 31 heavy (non-hydrogen) atoms. The van der Waals surface area contributed by atoms with Gasteiger partial charge in [0.25, 0.3) is 11.6 Å². The molecular weight excluding hydrogens is 415 g/mol. The number of carbonyl (C=O) groups excluding carboxylic acids is 1. The van der Waals surface area contributed by atoms with Gasteiger partial charge in [0.2, 0.25) is 0 Å². The van der Waals surface area contributed by atoms with E-state index in [0.29, 0.717) is 24.7 Å². The van der Waals surface area contributed by atoms with Crippen LogP contribution in [0.2, 0.25) is 0 Å². The van der Waals surface area contributed by atoms with Gasteiger partial charge in [0, 0.05) is 31.8 Å². The van der Waals surface area contributed by atoms with Crippen molar-refractivity contribution in [2.45, 2.75) is 57.2 Å². The van der Waals surface area contributed by atoms with E-state index < -0.39 is 34.9 Å². The van der Waals surface area contributed by atoms with Crippen molar-refractivity contribution < 1.29 is 28.0 Å². The molecule has 0 aromatic heterocycles. The van der Waals surface area contributed by atoms with Gasteiger partial charge in [0.1, 0.15) is 0 Å². The zero-order valence-electron chi connectivity index (χ0n) is 17.5. The lowest BCUT2D eigenvalue weighted by Crippen LogP contribution is -2.48. The van der Waals surface area contributed by atoms with E-state index in [2.05, 4.69) is 12.2 Å². The number of hydrogen-bond donors (Lipinski definition) is 2. The summed E-state index contributed by atoms with van der Waals surface area (Å²) in [5, 5.41) is 24.4. The summed E-state index contributed by atoms with van der Waals surface area (Å²) >= 11 is 0. The number of piperidine rings is 1. The van der Waals surface area contributed by atoms with E-state index in [9.17, 15) is 33.2 Å². The third-order valence-electron chi connectivity index (χ3n) is 6.42. The van der Waals surface area contributed by atoms with E-state index in [1.807, 2.05) is 4.90 Å². The summed E-state index contributed by atoms with van der Waals surface area (Å²) in [4.78, 5) is 25.5. The number of halogens is 3. The molecule has 1 aliphatic heterocycles. The number of nitro benzene ring substituents is 1. The Kier molecular flexibility index (Phi) is 6.78. The van der Waals surface area contributed by atoms with Gasteiger partial charge in [-0.25, -0.2) is 0 Å². The average Bonchev–Trinajstić information content (AvgIpc) is 2.71. The highest BCUT2D eigenvalue weighted by molar-refractivity contribution is 6.00. The highest BCUT2D eigenvalue weighted by atomic mass is 19.4. The molecule has 1 aliphatic carbocycles. The van der Waals surface area contributed by atoms with Crippen LogP contribution in [0.25, 0.3) is 0 Å². The summed E-state index contributed by atoms with van der Waals surface area (Å²) in [7, 11) is 0. The lowest BCUT2D eigenvalue weighted by molar-refractivity contribution is -0.384. The number of amides is 1. The van der Waals surface area contributed by atoms with Crippen molar-refractivity contribution in [3.05, 3.63) is 33.9 Å². The average molecular weight is 443 g/mol. The third kappa shape index (κ3) is 5.66. The lowest BCUT2D eigenvalue weighted by Gasteiger charge is -2.37. The Balaban J connectivity index is 1.76. The van der Waals surface area contributed by atoms with Gasteiger partial charge in [-0.2, -0.15) is 13.2 Å². The molecule has 1 saturated carbocycles. The number of carbonyl (C=O) groups is 1. The van der Waals surface area contributed by atoms with Crippen molar-refractivity contribution in [3.8, 4) is 0 Å². The number of nitrogens with zero attached hydrogens (tertiary/aromatic N) is 2. The van der Waals surface area contributed by atoms with Crippen LogP contribution >= 0.6 is 0 Å². The molecular formula is C21H28F3N3O4. The minimum atomic E-state index is -4.39. The first kappa shape index (κ1) is 23.3. The van der Waals surface area contributed by atoms with Gasteiger partial charge in [0.05, 0.1) is 27.7 Å². The minimum Gasteiger partial charge on any atom is -0.388 e. The lowest BCUT2D eigenvalue weighted by atomic mass is 9.77. The van der Waals surface area contributed by atoms with Crippen LogP contribution in [-0.2, 0) is 0 Å². The van der Waals surface area contributed by atoms with Crippen LogP contribution in [-0.4, -0.2) is 47.3 Å². The zero-order valence-corrected chi connectivity index (χ0v) is 17.5. The number of non-ortho nitro benzene ring substituents is 1. The summed E-state index contributed by atoms with van der Waals surface area (Å²) in [6.45, 7) is 3.21. The molecule has 2 atom stereocenters. The molecule has 1 aromatic rings. The van der Waals surface area contributed by atoms with E-state index in [-0.39, 0.29) is 37.1 Å². The topological polar surface area (TPSA) is 95.7 Å². The van der Waals surface area contributed by atoms with Gasteiger partial charge in [-0.15, -0.1) is 0 Å². The fourth-order valence-corrected chi connectivity index (χ4v) is 4.46. The molecule has 0 radical (unpaired) electrons. The maximum absolute atomic E-state index is 13.1. The first-order chi connectivity index (χ1) is 14.5. The molecule has 1 saturated heterocycles. The smallest absolute Gasteiger partial charge is 0.388 e. The second-order valence-corrected chi connectivity index (χ2v) is 8.87. The molecule has 0 spiro atoms. The third-order valence-corrected chi connectivity index (χ3v) is 6.42. The molecule has 172 valence electrons. The zero-order chi connectivity index (χ0) is 22.8. The minimum absolute atomic E-state index is 0.0395. The van der Waals surface area contributed by atoms with E-state index in [0.717, 1.165) is 12.8 Å². The first-order valence-electron chi connectivity index (χ1n) is 10.6. The van der Waals surface area contributed by atoms with E-state index in [1.54, 1.807) is 0 Å². The Morgan fingerprint density at radius 3 is 2.61 bits per heavy atom. The molecule has 1 amide bonds. The summed E-state index contributed by atoms with van der Waals surface area (Å²) in [6, 6.07) is 4.07. The van der Waals surface area contributed by atoms with Crippen LogP contribution in [0.3, 0.4) is 0 Å². The molecule has 0 unspecified atom stereocenters. The fourth-order valence-electron chi connectivity index (χ4n) is 4.46. The number of nitrogens with one attached hydrogen (secondary N) is 1. The summed E-state index contributed by atoms with van der Waals surface area (Å²) in [5.41, 5.74) is -1.25. The van der Waals surface area contributed by atoms with Crippen molar-refractivity contribution in [2.75, 3.05) is 24.5 Å². The predicted molar refractivity (Wildman–Crippen MR) is 109 cm³/mol. The van der Waals surface area contributed by atoms with Crippen molar-refractivity contribution in [1.82, 2.24) is 5.32 Å². The summed E-state index contributed by atoms with van der Waals surface area (Å²) in [6.07, 6.45) is -2.68. The van der Waals surface area contributed by atoms with Gasteiger partial charge in [0.15, 0.2) is 0 Å². The quantitative estimate of drug-likeness (QED) is 0.529. The highest BCUT2D eigenvalue weighted by Crippen LogP contribution is 2.41. The largest absolute Gasteiger partial charge is 0.391 e. The van der Waals surface area contributed by atoms with Gasteiger partial charge in [-0.1, -0.05) is 6.92 Å². The second-order valence-electron chi connectivity index (χ2n) is 8.87. The Morgan fingerprint density at radius 2 is 2.00 bits per heavy atom. The Morgan fingerprint density at radius 1 is 1.32 bits per heavy atom. The molecule has 3 rings (SSSR count). The van der Waals surface area contributed by atoms with Gasteiger partial charge < -0.3 is 15.3 Å². The summed E-state index contributed by atoms with van der Waals surface area (Å²) < 4.78 is 39.3. The van der Waals surface area contributed by atoms with Crippen LogP contribution in [0.5, 0.6) is 0 Å². The Hall–Kier alpha value is -2.36. The molecule has 1 aromatic carbocycles. The first-order valence-corrected chi connectivity index (χ1v) is 10.6. The normalized spacial score (nSPS) is 25.3. The number of hydrogen-bond acceptors (Lipinski definition) is 5. The second kappa shape index (κ2) is 9.02. The van der Waals surface area contributed by atoms with Crippen LogP contribution in [0.15, 0.2) is 18.2 Å². The van der Waals surface area contributed by atoms with E-state index in [1.165, 1.54) is 18.2 Å². The van der Waals surface area contributed by atoms with Crippen molar-refractivity contribution in [2.24, 2.45) is 11.8 Å². The van der Waals surface area contributed by atoms with Crippen LogP contribution in [0.4, 0.5) is 24.5 Å². The molecule has 10 heteroatoms. The number of aliphatic hydroxyl groups is 1. The number of nitro groups is 1. The molecule has 1 heterocycles. The van der Waals surface area contributed by atoms with Crippen LogP contribution < -0.4 is 10.2 Å². The van der Waals surface area contributed by atoms with Gasteiger partial charge in [-0.05, 0) is 50.5 Å². The SMILES string of the molecule is CC1CCN(c2ccc([N+](=O)[O-])cc2C(=O)NC[C@]2(O)CCC[C@H](C(F)(F)F)C2)CC1. The van der Waals surface area contributed by atoms with Crippen LogP contribution in [0.1, 0.15) is 55.8 Å². The van der Waals surface area contributed by atoms with Gasteiger partial charge in [-0.3, -0.25) is 14.9 Å². The molecule has 2 N–H and O–H groups in total. The van der Waals surface area contributed by atoms with Gasteiger partial charge >= 0.3 is 6.18 Å². The molecule has 7 nitrogen and oxygen atoms in total.